The molecule has 1 aromatic carbocycles. The zero-order valence-electron chi connectivity index (χ0n) is 10.8. The molecule has 2 rings (SSSR count). The lowest BCUT2D eigenvalue weighted by molar-refractivity contribution is 0.112. The average molecular weight is 259 g/mol. The van der Waals surface area contributed by atoms with Crippen molar-refractivity contribution in [2.75, 3.05) is 0 Å². The standard InChI is InChI=1S/C15H17NOS/c1-3-4-5-12-6-8-13(9-7-12)15-16-11(2)14(10-17)18-15/h6-10H,3-5H2,1-2H3. The number of nitrogens with zero attached hydrogens (tertiary/aromatic N) is 1. The van der Waals surface area contributed by atoms with Crippen molar-refractivity contribution in [2.24, 2.45) is 0 Å². The second-order valence-corrected chi connectivity index (χ2v) is 5.42. The van der Waals surface area contributed by atoms with Gasteiger partial charge in [0.2, 0.25) is 0 Å². The first-order valence-electron chi connectivity index (χ1n) is 6.26. The maximum Gasteiger partial charge on any atom is 0.161 e. The van der Waals surface area contributed by atoms with Gasteiger partial charge in [0.05, 0.1) is 10.6 Å². The maximum absolute atomic E-state index is 10.8. The molecule has 0 saturated carbocycles. The van der Waals surface area contributed by atoms with E-state index in [0.717, 1.165) is 33.8 Å². The number of unbranched alkanes of at least 4 members (excludes halogenated alkanes) is 1. The molecule has 0 aliphatic carbocycles. The van der Waals surface area contributed by atoms with E-state index in [9.17, 15) is 4.79 Å². The highest BCUT2D eigenvalue weighted by Gasteiger charge is 2.08. The van der Waals surface area contributed by atoms with E-state index in [0.29, 0.717) is 0 Å². The molecule has 0 amide bonds. The van der Waals surface area contributed by atoms with Gasteiger partial charge in [-0.3, -0.25) is 4.79 Å². The third-order valence-electron chi connectivity index (χ3n) is 2.96. The maximum atomic E-state index is 10.8. The molecule has 1 heterocycles. The fourth-order valence-electron chi connectivity index (χ4n) is 1.84. The molecule has 2 nitrogen and oxygen atoms in total. The Morgan fingerprint density at radius 2 is 2.00 bits per heavy atom. The molecule has 0 atom stereocenters. The lowest BCUT2D eigenvalue weighted by atomic mass is 10.1. The SMILES string of the molecule is CCCCc1ccc(-c2nc(C)c(C=O)s2)cc1. The number of aromatic nitrogens is 1. The molecule has 0 fully saturated rings. The zero-order valence-corrected chi connectivity index (χ0v) is 11.6. The van der Waals surface area contributed by atoms with E-state index < -0.39 is 0 Å². The van der Waals surface area contributed by atoms with Crippen LogP contribution in [0.1, 0.15) is 40.7 Å². The van der Waals surface area contributed by atoms with E-state index in [1.54, 1.807) is 0 Å². The van der Waals surface area contributed by atoms with Crippen LogP contribution in [0.4, 0.5) is 0 Å². The summed E-state index contributed by atoms with van der Waals surface area (Å²) in [5.41, 5.74) is 3.28. The Balaban J connectivity index is 2.20. The van der Waals surface area contributed by atoms with Gasteiger partial charge in [0.25, 0.3) is 0 Å². The number of aryl methyl sites for hydroxylation is 2. The molecule has 0 spiro atoms. The molecule has 1 aromatic heterocycles. The molecule has 0 aliphatic rings. The molecule has 0 N–H and O–H groups in total. The molecule has 3 heteroatoms. The van der Waals surface area contributed by atoms with E-state index >= 15 is 0 Å². The lowest BCUT2D eigenvalue weighted by Gasteiger charge is -2.01. The summed E-state index contributed by atoms with van der Waals surface area (Å²) in [6.07, 6.45) is 4.46. The second-order valence-electron chi connectivity index (χ2n) is 4.39. The van der Waals surface area contributed by atoms with E-state index in [1.165, 1.54) is 29.7 Å². The van der Waals surface area contributed by atoms with E-state index in [1.807, 2.05) is 6.92 Å². The molecule has 18 heavy (non-hydrogen) atoms. The van der Waals surface area contributed by atoms with Crippen molar-refractivity contribution in [3.05, 3.63) is 40.4 Å². The predicted octanol–water partition coefficient (Wildman–Crippen LogP) is 4.27. The van der Waals surface area contributed by atoms with Gasteiger partial charge in [0, 0.05) is 5.56 Å². The molecule has 0 radical (unpaired) electrons. The first-order chi connectivity index (χ1) is 8.74. The highest BCUT2D eigenvalue weighted by molar-refractivity contribution is 7.16. The van der Waals surface area contributed by atoms with Crippen molar-refractivity contribution in [1.29, 1.82) is 0 Å². The van der Waals surface area contributed by atoms with E-state index in [-0.39, 0.29) is 0 Å². The second kappa shape index (κ2) is 5.91. The number of thiazole rings is 1. The van der Waals surface area contributed by atoms with Crippen LogP contribution < -0.4 is 0 Å². The van der Waals surface area contributed by atoms with Crippen LogP contribution in [0.5, 0.6) is 0 Å². The minimum absolute atomic E-state index is 0.722. The zero-order chi connectivity index (χ0) is 13.0. The third-order valence-corrected chi connectivity index (χ3v) is 4.09. The quantitative estimate of drug-likeness (QED) is 0.750. The Bertz CT molecular complexity index is 528. The molecular formula is C15H17NOS. The third kappa shape index (κ3) is 2.85. The van der Waals surface area contributed by atoms with Crippen molar-refractivity contribution in [1.82, 2.24) is 4.98 Å². The first kappa shape index (κ1) is 13.0. The topological polar surface area (TPSA) is 30.0 Å². The monoisotopic (exact) mass is 259 g/mol. The Morgan fingerprint density at radius 3 is 2.56 bits per heavy atom. The van der Waals surface area contributed by atoms with Gasteiger partial charge in [-0.15, -0.1) is 11.3 Å². The van der Waals surface area contributed by atoms with Gasteiger partial charge in [-0.05, 0) is 25.3 Å². The van der Waals surface area contributed by atoms with Gasteiger partial charge >= 0.3 is 0 Å². The lowest BCUT2D eigenvalue weighted by Crippen LogP contribution is -1.84. The van der Waals surface area contributed by atoms with Gasteiger partial charge in [-0.25, -0.2) is 4.98 Å². The number of carbonyl (C=O) groups is 1. The molecule has 94 valence electrons. The van der Waals surface area contributed by atoms with E-state index in [4.69, 9.17) is 0 Å². The number of benzene rings is 1. The Morgan fingerprint density at radius 1 is 1.28 bits per heavy atom. The van der Waals surface area contributed by atoms with Crippen molar-refractivity contribution < 1.29 is 4.79 Å². The molecule has 0 aliphatic heterocycles. The van der Waals surface area contributed by atoms with Crippen LogP contribution in [0, 0.1) is 6.92 Å². The summed E-state index contributed by atoms with van der Waals surface area (Å²) in [6.45, 7) is 4.08. The number of hydrogen-bond donors (Lipinski definition) is 0. The first-order valence-corrected chi connectivity index (χ1v) is 7.08. The highest BCUT2D eigenvalue weighted by atomic mass is 32.1. The van der Waals surface area contributed by atoms with Crippen molar-refractivity contribution in [3.8, 4) is 10.6 Å². The van der Waals surface area contributed by atoms with Crippen LogP contribution in [0.2, 0.25) is 0 Å². The summed E-state index contributed by atoms with van der Waals surface area (Å²) in [7, 11) is 0. The van der Waals surface area contributed by atoms with Gasteiger partial charge in [0.15, 0.2) is 6.29 Å². The van der Waals surface area contributed by atoms with Crippen LogP contribution >= 0.6 is 11.3 Å². The number of hydrogen-bond acceptors (Lipinski definition) is 3. The Hall–Kier alpha value is -1.48. The van der Waals surface area contributed by atoms with Gasteiger partial charge < -0.3 is 0 Å². The minimum atomic E-state index is 0.722. The number of aldehydes is 1. The smallest absolute Gasteiger partial charge is 0.161 e. The van der Waals surface area contributed by atoms with Crippen molar-refractivity contribution in [3.63, 3.8) is 0 Å². The fourth-order valence-corrected chi connectivity index (χ4v) is 2.72. The molecule has 0 bridgehead atoms. The minimum Gasteiger partial charge on any atom is -0.297 e. The predicted molar refractivity (Wildman–Crippen MR) is 76.3 cm³/mol. The number of rotatable bonds is 5. The molecule has 2 aromatic rings. The van der Waals surface area contributed by atoms with Crippen LogP contribution in [0.3, 0.4) is 0 Å². The summed E-state index contributed by atoms with van der Waals surface area (Å²) < 4.78 is 0. The number of carbonyl (C=O) groups excluding carboxylic acids is 1. The largest absolute Gasteiger partial charge is 0.297 e. The van der Waals surface area contributed by atoms with Crippen LogP contribution in [0.15, 0.2) is 24.3 Å². The molecule has 0 unspecified atom stereocenters. The summed E-state index contributed by atoms with van der Waals surface area (Å²) in [4.78, 5) is 16.0. The average Bonchev–Trinajstić information content (AvgIpc) is 2.78. The normalized spacial score (nSPS) is 10.6. The summed E-state index contributed by atoms with van der Waals surface area (Å²) in [6, 6.07) is 8.50. The molecule has 0 saturated heterocycles. The van der Waals surface area contributed by atoms with Crippen molar-refractivity contribution >= 4 is 17.6 Å². The summed E-state index contributed by atoms with van der Waals surface area (Å²) in [5, 5.41) is 0.927. The van der Waals surface area contributed by atoms with Gasteiger partial charge in [-0.1, -0.05) is 37.6 Å². The van der Waals surface area contributed by atoms with Crippen LogP contribution in [0.25, 0.3) is 10.6 Å². The fraction of sp³-hybridized carbons (Fsp3) is 0.333. The Labute approximate surface area is 112 Å². The van der Waals surface area contributed by atoms with Crippen LogP contribution in [-0.4, -0.2) is 11.3 Å². The van der Waals surface area contributed by atoms with Crippen molar-refractivity contribution in [2.45, 2.75) is 33.1 Å². The summed E-state index contributed by atoms with van der Waals surface area (Å²) >= 11 is 1.46. The molecular weight excluding hydrogens is 242 g/mol. The summed E-state index contributed by atoms with van der Waals surface area (Å²) in [5.74, 6) is 0. The Kier molecular flexibility index (Phi) is 4.26. The van der Waals surface area contributed by atoms with Crippen LogP contribution in [-0.2, 0) is 6.42 Å². The van der Waals surface area contributed by atoms with Gasteiger partial charge in [-0.2, -0.15) is 0 Å². The van der Waals surface area contributed by atoms with Gasteiger partial charge in [0.1, 0.15) is 5.01 Å². The highest BCUT2D eigenvalue weighted by Crippen LogP contribution is 2.27. The van der Waals surface area contributed by atoms with E-state index in [2.05, 4.69) is 36.2 Å².